The summed E-state index contributed by atoms with van der Waals surface area (Å²) in [5.74, 6) is 0.457. The molecule has 3 aromatic rings. The van der Waals surface area contributed by atoms with E-state index in [4.69, 9.17) is 9.15 Å². The van der Waals surface area contributed by atoms with Gasteiger partial charge in [-0.3, -0.25) is 4.79 Å². The van der Waals surface area contributed by atoms with Gasteiger partial charge in [-0.15, -0.1) is 0 Å². The number of ether oxygens (including phenoxy) is 1. The van der Waals surface area contributed by atoms with Gasteiger partial charge in [-0.25, -0.2) is 5.43 Å². The normalized spacial score (nSPS) is 14.4. The Morgan fingerprint density at radius 3 is 2.77 bits per heavy atom. The average molecular weight is 409 g/mol. The highest BCUT2D eigenvalue weighted by Crippen LogP contribution is 2.27. The van der Waals surface area contributed by atoms with Gasteiger partial charge in [-0.2, -0.15) is 20.1 Å². The number of nitrogens with zero attached hydrogens (tertiary/aromatic N) is 6. The third kappa shape index (κ3) is 4.23. The number of aromatic nitrogens is 3. The highest BCUT2D eigenvalue weighted by atomic mass is 16.5. The molecular formula is C20H23N7O3. The molecule has 10 heteroatoms. The predicted octanol–water partition coefficient (Wildman–Crippen LogP) is 1.91. The van der Waals surface area contributed by atoms with Crippen LogP contribution in [-0.4, -0.2) is 72.4 Å². The fourth-order valence-corrected chi connectivity index (χ4v) is 3.05. The van der Waals surface area contributed by atoms with Crippen LogP contribution in [0.3, 0.4) is 0 Å². The SMILES string of the molecule is Cc1cccc(/C=N/Nc2nc(N3CCOCC3)c3oc(C(=O)N(C)C)nc3n2)c1. The molecule has 2 aromatic heterocycles. The third-order valence-electron chi connectivity index (χ3n) is 4.56. The topological polar surface area (TPSA) is 109 Å². The number of rotatable bonds is 5. The molecule has 1 aliphatic heterocycles. The molecule has 1 aromatic carbocycles. The van der Waals surface area contributed by atoms with Crippen molar-refractivity contribution in [1.29, 1.82) is 0 Å². The zero-order valence-electron chi connectivity index (χ0n) is 17.1. The van der Waals surface area contributed by atoms with Gasteiger partial charge in [0.15, 0.2) is 5.82 Å². The first kappa shape index (κ1) is 19.8. The number of morpholine rings is 1. The predicted molar refractivity (Wildman–Crippen MR) is 113 cm³/mol. The summed E-state index contributed by atoms with van der Waals surface area (Å²) in [5, 5.41) is 4.24. The van der Waals surface area contributed by atoms with E-state index in [1.165, 1.54) is 4.90 Å². The van der Waals surface area contributed by atoms with Gasteiger partial charge < -0.3 is 19.0 Å². The van der Waals surface area contributed by atoms with Gasteiger partial charge in [0, 0.05) is 27.2 Å². The molecule has 0 spiro atoms. The first-order valence-electron chi connectivity index (χ1n) is 9.60. The molecule has 0 saturated carbocycles. The second-order valence-electron chi connectivity index (χ2n) is 7.13. The van der Waals surface area contributed by atoms with Crippen molar-refractivity contribution in [2.75, 3.05) is 50.7 Å². The summed E-state index contributed by atoms with van der Waals surface area (Å²) in [6, 6.07) is 7.96. The van der Waals surface area contributed by atoms with Crippen LogP contribution in [-0.2, 0) is 4.74 Å². The summed E-state index contributed by atoms with van der Waals surface area (Å²) in [5.41, 5.74) is 5.63. The third-order valence-corrected chi connectivity index (χ3v) is 4.56. The van der Waals surface area contributed by atoms with Crippen LogP contribution in [0.1, 0.15) is 21.8 Å². The molecule has 0 radical (unpaired) electrons. The van der Waals surface area contributed by atoms with Crippen molar-refractivity contribution >= 4 is 35.1 Å². The van der Waals surface area contributed by atoms with Crippen molar-refractivity contribution in [1.82, 2.24) is 19.9 Å². The van der Waals surface area contributed by atoms with E-state index in [2.05, 4.69) is 25.5 Å². The summed E-state index contributed by atoms with van der Waals surface area (Å²) >= 11 is 0. The average Bonchev–Trinajstić information content (AvgIpc) is 3.17. The number of benzene rings is 1. The van der Waals surface area contributed by atoms with Crippen LogP contribution >= 0.6 is 0 Å². The number of hydrogen-bond donors (Lipinski definition) is 1. The Morgan fingerprint density at radius 2 is 2.03 bits per heavy atom. The van der Waals surface area contributed by atoms with Crippen molar-refractivity contribution in [3.8, 4) is 0 Å². The molecule has 1 amide bonds. The summed E-state index contributed by atoms with van der Waals surface area (Å²) in [4.78, 5) is 28.9. The van der Waals surface area contributed by atoms with Crippen molar-refractivity contribution in [2.45, 2.75) is 6.92 Å². The van der Waals surface area contributed by atoms with Crippen molar-refractivity contribution < 1.29 is 13.9 Å². The zero-order valence-corrected chi connectivity index (χ0v) is 17.1. The van der Waals surface area contributed by atoms with Crippen LogP contribution in [0.25, 0.3) is 11.2 Å². The second-order valence-corrected chi connectivity index (χ2v) is 7.13. The summed E-state index contributed by atoms with van der Waals surface area (Å²) < 4.78 is 11.2. The molecule has 0 aliphatic carbocycles. The van der Waals surface area contributed by atoms with Gasteiger partial charge in [-0.1, -0.05) is 29.8 Å². The maximum atomic E-state index is 12.3. The van der Waals surface area contributed by atoms with Gasteiger partial charge in [0.25, 0.3) is 5.89 Å². The number of fused-ring (bicyclic) bond motifs is 1. The van der Waals surface area contributed by atoms with Crippen LogP contribution in [0.5, 0.6) is 0 Å². The number of carbonyl (C=O) groups is 1. The number of carbonyl (C=O) groups excluding carboxylic acids is 1. The Kier molecular flexibility index (Phi) is 5.57. The van der Waals surface area contributed by atoms with E-state index in [-0.39, 0.29) is 17.7 Å². The fourth-order valence-electron chi connectivity index (χ4n) is 3.05. The minimum absolute atomic E-state index is 0.0285. The standard InChI is InChI=1S/C20H23N7O3/c1-13-5-4-6-14(11-13)12-21-25-20-23-16-15(30-18(22-16)19(28)26(2)3)17(24-20)27-7-9-29-10-8-27/h4-6,11-12H,7-10H2,1-3H3,(H,23,24,25)/b21-12+. The van der Waals surface area contributed by atoms with Gasteiger partial charge in [0.2, 0.25) is 17.2 Å². The Morgan fingerprint density at radius 1 is 1.23 bits per heavy atom. The number of aryl methyl sites for hydroxylation is 1. The lowest BCUT2D eigenvalue weighted by Crippen LogP contribution is -2.37. The molecule has 1 N–H and O–H groups in total. The maximum Gasteiger partial charge on any atom is 0.309 e. The Labute approximate surface area is 173 Å². The van der Waals surface area contributed by atoms with E-state index in [1.54, 1.807) is 20.3 Å². The van der Waals surface area contributed by atoms with E-state index < -0.39 is 0 Å². The minimum Gasteiger partial charge on any atom is -0.427 e. The smallest absolute Gasteiger partial charge is 0.309 e. The van der Waals surface area contributed by atoms with Crippen molar-refractivity contribution in [2.24, 2.45) is 5.10 Å². The molecule has 156 valence electrons. The lowest BCUT2D eigenvalue weighted by Gasteiger charge is -2.27. The lowest BCUT2D eigenvalue weighted by atomic mass is 10.2. The van der Waals surface area contributed by atoms with E-state index in [9.17, 15) is 4.79 Å². The van der Waals surface area contributed by atoms with Gasteiger partial charge in [-0.05, 0) is 12.5 Å². The Hall–Kier alpha value is -3.53. The highest BCUT2D eigenvalue weighted by Gasteiger charge is 2.24. The Balaban J connectivity index is 1.68. The maximum absolute atomic E-state index is 12.3. The van der Waals surface area contributed by atoms with Gasteiger partial charge >= 0.3 is 5.91 Å². The van der Waals surface area contributed by atoms with E-state index >= 15 is 0 Å². The number of amides is 1. The van der Waals surface area contributed by atoms with Crippen LogP contribution < -0.4 is 10.3 Å². The van der Waals surface area contributed by atoms with Crippen LogP contribution in [0.15, 0.2) is 33.8 Å². The van der Waals surface area contributed by atoms with Gasteiger partial charge in [0.1, 0.15) is 0 Å². The number of anilines is 2. The molecule has 3 heterocycles. The number of hydrazone groups is 1. The lowest BCUT2D eigenvalue weighted by molar-refractivity contribution is 0.0791. The molecule has 1 saturated heterocycles. The number of oxazole rings is 1. The molecule has 10 nitrogen and oxygen atoms in total. The van der Waals surface area contributed by atoms with Gasteiger partial charge in [0.05, 0.1) is 19.4 Å². The van der Waals surface area contributed by atoms with Crippen LogP contribution in [0, 0.1) is 6.92 Å². The van der Waals surface area contributed by atoms with Crippen LogP contribution in [0.2, 0.25) is 0 Å². The fraction of sp³-hybridized carbons (Fsp3) is 0.350. The summed E-state index contributed by atoms with van der Waals surface area (Å²) in [6.45, 7) is 4.48. The van der Waals surface area contributed by atoms with Crippen molar-refractivity contribution in [3.63, 3.8) is 0 Å². The second kappa shape index (κ2) is 8.46. The molecule has 4 rings (SSSR count). The first-order chi connectivity index (χ1) is 14.5. The number of hydrogen-bond acceptors (Lipinski definition) is 9. The molecule has 0 atom stereocenters. The zero-order chi connectivity index (χ0) is 21.1. The first-order valence-corrected chi connectivity index (χ1v) is 9.60. The molecule has 0 bridgehead atoms. The molecule has 30 heavy (non-hydrogen) atoms. The largest absolute Gasteiger partial charge is 0.427 e. The minimum atomic E-state index is -0.340. The van der Waals surface area contributed by atoms with E-state index in [0.29, 0.717) is 43.4 Å². The van der Waals surface area contributed by atoms with Crippen molar-refractivity contribution in [3.05, 3.63) is 41.3 Å². The Bertz CT molecular complexity index is 1090. The highest BCUT2D eigenvalue weighted by molar-refractivity contribution is 5.93. The molecule has 1 fully saturated rings. The van der Waals surface area contributed by atoms with E-state index in [1.807, 2.05) is 36.1 Å². The quantitative estimate of drug-likeness (QED) is 0.503. The number of nitrogens with one attached hydrogen (secondary N) is 1. The summed E-state index contributed by atoms with van der Waals surface area (Å²) in [7, 11) is 3.28. The molecular weight excluding hydrogens is 386 g/mol. The van der Waals surface area contributed by atoms with Crippen LogP contribution in [0.4, 0.5) is 11.8 Å². The molecule has 0 unspecified atom stereocenters. The monoisotopic (exact) mass is 409 g/mol. The van der Waals surface area contributed by atoms with E-state index in [0.717, 1.165) is 11.1 Å². The molecule has 1 aliphatic rings. The summed E-state index contributed by atoms with van der Waals surface area (Å²) in [6.07, 6.45) is 1.69.